The van der Waals surface area contributed by atoms with Gasteiger partial charge in [-0.3, -0.25) is 19.2 Å². The zero-order valence-corrected chi connectivity index (χ0v) is 11.0. The van der Waals surface area contributed by atoms with Gasteiger partial charge in [0.05, 0.1) is 12.3 Å². The largest absolute Gasteiger partial charge is 0.480 e. The summed E-state index contributed by atoms with van der Waals surface area (Å²) in [6.07, 6.45) is 0.319. The summed E-state index contributed by atoms with van der Waals surface area (Å²) >= 11 is 0. The first-order chi connectivity index (χ1) is 9.26. The zero-order valence-electron chi connectivity index (χ0n) is 11.0. The van der Waals surface area contributed by atoms with Gasteiger partial charge in [0.25, 0.3) is 0 Å². The molecule has 7 heteroatoms. The second-order valence-corrected chi connectivity index (χ2v) is 5.81. The number of aliphatic carboxylic acids is 2. The Kier molecular flexibility index (Phi) is 3.54. The highest BCUT2D eigenvalue weighted by Gasteiger charge is 2.54. The van der Waals surface area contributed by atoms with E-state index in [9.17, 15) is 29.4 Å². The topological polar surface area (TPSA) is 118 Å². The van der Waals surface area contributed by atoms with Gasteiger partial charge in [-0.15, -0.1) is 0 Å². The van der Waals surface area contributed by atoms with E-state index < -0.39 is 41.1 Å². The first kappa shape index (κ1) is 14.5. The maximum Gasteiger partial charge on any atom is 0.321 e. The third-order valence-corrected chi connectivity index (χ3v) is 4.30. The van der Waals surface area contributed by atoms with E-state index in [-0.39, 0.29) is 25.2 Å². The van der Waals surface area contributed by atoms with Crippen molar-refractivity contribution < 1.29 is 34.1 Å². The van der Waals surface area contributed by atoms with Crippen molar-refractivity contribution in [1.82, 2.24) is 0 Å². The van der Waals surface area contributed by atoms with Crippen molar-refractivity contribution in [2.75, 3.05) is 0 Å². The molecule has 3 unspecified atom stereocenters. The van der Waals surface area contributed by atoms with Crippen LogP contribution >= 0.6 is 0 Å². The average molecular weight is 284 g/mol. The molecule has 1 heterocycles. The first-order valence-electron chi connectivity index (χ1n) is 6.47. The van der Waals surface area contributed by atoms with E-state index in [1.165, 1.54) is 0 Å². The van der Waals surface area contributed by atoms with Gasteiger partial charge in [-0.1, -0.05) is 6.92 Å². The highest BCUT2D eigenvalue weighted by Crippen LogP contribution is 2.47. The number of carboxylic acid groups (broad SMARTS) is 2. The zero-order chi connectivity index (χ0) is 15.1. The van der Waals surface area contributed by atoms with Crippen LogP contribution in [0.2, 0.25) is 0 Å². The Morgan fingerprint density at radius 1 is 1.20 bits per heavy atom. The highest BCUT2D eigenvalue weighted by molar-refractivity contribution is 5.99. The van der Waals surface area contributed by atoms with E-state index in [0.29, 0.717) is 6.42 Å². The van der Waals surface area contributed by atoms with Crippen LogP contribution in [0, 0.1) is 23.2 Å². The Bertz CT molecular complexity index is 467. The van der Waals surface area contributed by atoms with E-state index in [1.54, 1.807) is 6.92 Å². The molecule has 110 valence electrons. The summed E-state index contributed by atoms with van der Waals surface area (Å²) in [6, 6.07) is 0. The molecule has 2 fully saturated rings. The highest BCUT2D eigenvalue weighted by atomic mass is 16.6. The SMILES string of the molecule is CC1CC(C2CC(=O)OC2=O)CC(C(=O)O)(C(=O)O)C1. The Morgan fingerprint density at radius 3 is 2.25 bits per heavy atom. The number of carbonyl (C=O) groups excluding carboxylic acids is 2. The van der Waals surface area contributed by atoms with E-state index in [2.05, 4.69) is 4.74 Å². The van der Waals surface area contributed by atoms with Gasteiger partial charge in [-0.25, -0.2) is 0 Å². The second-order valence-electron chi connectivity index (χ2n) is 5.81. The fourth-order valence-corrected chi connectivity index (χ4v) is 3.41. The Morgan fingerprint density at radius 2 is 1.80 bits per heavy atom. The molecule has 0 radical (unpaired) electrons. The van der Waals surface area contributed by atoms with Crippen molar-refractivity contribution in [3.05, 3.63) is 0 Å². The third-order valence-electron chi connectivity index (χ3n) is 4.30. The molecular formula is C13H16O7. The summed E-state index contributed by atoms with van der Waals surface area (Å²) in [4.78, 5) is 45.6. The first-order valence-corrected chi connectivity index (χ1v) is 6.47. The van der Waals surface area contributed by atoms with Gasteiger partial charge in [0.15, 0.2) is 5.41 Å². The second kappa shape index (κ2) is 4.88. The van der Waals surface area contributed by atoms with Crippen LogP contribution in [0.3, 0.4) is 0 Å². The van der Waals surface area contributed by atoms with Gasteiger partial charge in [0.1, 0.15) is 0 Å². The van der Waals surface area contributed by atoms with Crippen LogP contribution in [0.5, 0.6) is 0 Å². The summed E-state index contributed by atoms with van der Waals surface area (Å²) in [5.41, 5.74) is -1.88. The standard InChI is InChI=1S/C13H16O7/c1-6-2-7(8-3-9(14)20-10(8)15)5-13(4-6,11(16)17)12(18)19/h6-8H,2-5H2,1H3,(H,16,17)(H,18,19). The number of cyclic esters (lactones) is 2. The summed E-state index contributed by atoms with van der Waals surface area (Å²) in [6.45, 7) is 1.76. The smallest absolute Gasteiger partial charge is 0.321 e. The Labute approximate surface area is 114 Å². The number of carboxylic acids is 2. The lowest BCUT2D eigenvalue weighted by Gasteiger charge is -2.39. The summed E-state index contributed by atoms with van der Waals surface area (Å²) in [5.74, 6) is -5.40. The van der Waals surface area contributed by atoms with Crippen molar-refractivity contribution in [2.24, 2.45) is 23.2 Å². The number of hydrogen-bond acceptors (Lipinski definition) is 5. The Balaban J connectivity index is 2.28. The van der Waals surface area contributed by atoms with Crippen molar-refractivity contribution in [1.29, 1.82) is 0 Å². The van der Waals surface area contributed by atoms with Gasteiger partial charge in [0.2, 0.25) is 0 Å². The lowest BCUT2D eigenvalue weighted by atomic mass is 9.62. The molecule has 3 atom stereocenters. The maximum atomic E-state index is 11.6. The number of esters is 2. The molecule has 2 N–H and O–H groups in total. The van der Waals surface area contributed by atoms with Crippen molar-refractivity contribution in [2.45, 2.75) is 32.6 Å². The maximum absolute atomic E-state index is 11.6. The van der Waals surface area contributed by atoms with E-state index in [4.69, 9.17) is 0 Å². The molecule has 1 aliphatic carbocycles. The number of carbonyl (C=O) groups is 4. The minimum atomic E-state index is -1.88. The van der Waals surface area contributed by atoms with Gasteiger partial charge in [0, 0.05) is 0 Å². The fourth-order valence-electron chi connectivity index (χ4n) is 3.41. The van der Waals surface area contributed by atoms with Crippen LogP contribution in [-0.4, -0.2) is 34.1 Å². The van der Waals surface area contributed by atoms with E-state index in [0.717, 1.165) is 0 Å². The third kappa shape index (κ3) is 2.28. The predicted octanol–water partition coefficient (Wildman–Crippen LogP) is 0.668. The van der Waals surface area contributed by atoms with E-state index >= 15 is 0 Å². The van der Waals surface area contributed by atoms with Crippen LogP contribution < -0.4 is 0 Å². The molecule has 20 heavy (non-hydrogen) atoms. The van der Waals surface area contributed by atoms with Crippen molar-refractivity contribution >= 4 is 23.9 Å². The molecular weight excluding hydrogens is 268 g/mol. The fraction of sp³-hybridized carbons (Fsp3) is 0.692. The van der Waals surface area contributed by atoms with Crippen LogP contribution in [0.15, 0.2) is 0 Å². The van der Waals surface area contributed by atoms with Crippen molar-refractivity contribution in [3.63, 3.8) is 0 Å². The minimum Gasteiger partial charge on any atom is -0.480 e. The average Bonchev–Trinajstić information content (AvgIpc) is 2.67. The van der Waals surface area contributed by atoms with Gasteiger partial charge < -0.3 is 14.9 Å². The lowest BCUT2D eigenvalue weighted by molar-refractivity contribution is -0.172. The van der Waals surface area contributed by atoms with Gasteiger partial charge in [-0.2, -0.15) is 0 Å². The number of ether oxygens (including phenoxy) is 1. The van der Waals surface area contributed by atoms with Gasteiger partial charge in [-0.05, 0) is 31.1 Å². The van der Waals surface area contributed by atoms with E-state index in [1.807, 2.05) is 0 Å². The van der Waals surface area contributed by atoms with Crippen molar-refractivity contribution in [3.8, 4) is 0 Å². The molecule has 0 bridgehead atoms. The quantitative estimate of drug-likeness (QED) is 0.577. The molecule has 0 spiro atoms. The molecule has 0 aromatic heterocycles. The van der Waals surface area contributed by atoms with Crippen LogP contribution in [0.1, 0.15) is 32.6 Å². The monoisotopic (exact) mass is 284 g/mol. The molecule has 0 amide bonds. The number of rotatable bonds is 3. The number of hydrogen-bond donors (Lipinski definition) is 2. The van der Waals surface area contributed by atoms with Crippen LogP contribution in [0.4, 0.5) is 0 Å². The molecule has 1 saturated carbocycles. The normalized spacial score (nSPS) is 32.8. The van der Waals surface area contributed by atoms with Crippen LogP contribution in [0.25, 0.3) is 0 Å². The van der Waals surface area contributed by atoms with Gasteiger partial charge >= 0.3 is 23.9 Å². The van der Waals surface area contributed by atoms with Crippen LogP contribution in [-0.2, 0) is 23.9 Å². The molecule has 2 aliphatic rings. The predicted molar refractivity (Wildman–Crippen MR) is 63.4 cm³/mol. The molecule has 2 rings (SSSR count). The summed E-state index contributed by atoms with van der Waals surface area (Å²) in [5, 5.41) is 18.6. The molecule has 0 aromatic rings. The molecule has 1 aliphatic heterocycles. The lowest BCUT2D eigenvalue weighted by Crippen LogP contribution is -2.47. The Hall–Kier alpha value is -1.92. The summed E-state index contributed by atoms with van der Waals surface area (Å²) in [7, 11) is 0. The summed E-state index contributed by atoms with van der Waals surface area (Å²) < 4.78 is 4.48. The molecule has 0 aromatic carbocycles. The molecule has 1 saturated heterocycles. The molecule has 7 nitrogen and oxygen atoms in total. The minimum absolute atomic E-state index is 0.0316.